The van der Waals surface area contributed by atoms with E-state index in [9.17, 15) is 0 Å². The Morgan fingerprint density at radius 1 is 1.29 bits per heavy atom. The Labute approximate surface area is 126 Å². The molecule has 1 saturated heterocycles. The highest BCUT2D eigenvalue weighted by Gasteiger charge is 2.23. The average Bonchev–Trinajstić information content (AvgIpc) is 3.10. The summed E-state index contributed by atoms with van der Waals surface area (Å²) in [5.74, 6) is 0.643. The highest BCUT2D eigenvalue weighted by Crippen LogP contribution is 2.19. The molecule has 1 aliphatic rings. The van der Waals surface area contributed by atoms with Crippen molar-refractivity contribution in [2.75, 3.05) is 13.2 Å². The highest BCUT2D eigenvalue weighted by atomic mass is 16.5. The minimum absolute atomic E-state index is 0.387. The van der Waals surface area contributed by atoms with E-state index in [2.05, 4.69) is 47.8 Å². The van der Waals surface area contributed by atoms with Crippen LogP contribution in [0.25, 0.3) is 0 Å². The van der Waals surface area contributed by atoms with E-state index < -0.39 is 0 Å². The van der Waals surface area contributed by atoms with E-state index in [1.165, 1.54) is 17.5 Å². The molecular formula is C17H23N3O. The van der Waals surface area contributed by atoms with E-state index in [-0.39, 0.29) is 0 Å². The first-order valence-corrected chi connectivity index (χ1v) is 7.69. The van der Waals surface area contributed by atoms with Gasteiger partial charge in [0.25, 0.3) is 0 Å². The molecule has 2 aromatic rings. The molecule has 21 heavy (non-hydrogen) atoms. The Morgan fingerprint density at radius 2 is 2.14 bits per heavy atom. The smallest absolute Gasteiger partial charge is 0.0659 e. The molecule has 2 heterocycles. The van der Waals surface area contributed by atoms with Crippen LogP contribution in [-0.4, -0.2) is 29.0 Å². The molecule has 0 radical (unpaired) electrons. The van der Waals surface area contributed by atoms with Crippen molar-refractivity contribution in [3.63, 3.8) is 0 Å². The Morgan fingerprint density at radius 3 is 2.90 bits per heavy atom. The van der Waals surface area contributed by atoms with Gasteiger partial charge in [0.15, 0.2) is 0 Å². The molecule has 112 valence electrons. The lowest BCUT2D eigenvalue weighted by Gasteiger charge is -2.14. The zero-order valence-electron chi connectivity index (χ0n) is 12.5. The van der Waals surface area contributed by atoms with E-state index in [1.807, 2.05) is 16.9 Å². The third-order valence-corrected chi connectivity index (χ3v) is 4.14. The Kier molecular flexibility index (Phi) is 4.68. The van der Waals surface area contributed by atoms with Crippen LogP contribution in [0.2, 0.25) is 0 Å². The Bertz CT molecular complexity index is 552. The van der Waals surface area contributed by atoms with Crippen LogP contribution < -0.4 is 5.32 Å². The molecule has 1 aromatic carbocycles. The summed E-state index contributed by atoms with van der Waals surface area (Å²) in [4.78, 5) is 0. The van der Waals surface area contributed by atoms with E-state index in [0.29, 0.717) is 12.0 Å². The lowest BCUT2D eigenvalue weighted by atomic mass is 10.0. The second kappa shape index (κ2) is 6.87. The van der Waals surface area contributed by atoms with Crippen LogP contribution in [0.3, 0.4) is 0 Å². The van der Waals surface area contributed by atoms with Crippen LogP contribution in [0, 0.1) is 5.92 Å². The number of nitrogens with zero attached hydrogens (tertiary/aromatic N) is 2. The first kappa shape index (κ1) is 14.3. The maximum Gasteiger partial charge on any atom is 0.0659 e. The summed E-state index contributed by atoms with van der Waals surface area (Å²) in [6.45, 7) is 5.79. The monoisotopic (exact) mass is 285 g/mol. The summed E-state index contributed by atoms with van der Waals surface area (Å²) in [5, 5.41) is 7.95. The van der Waals surface area contributed by atoms with Gasteiger partial charge < -0.3 is 10.1 Å². The van der Waals surface area contributed by atoms with Crippen molar-refractivity contribution in [1.82, 2.24) is 15.1 Å². The van der Waals surface area contributed by atoms with Gasteiger partial charge in [0.05, 0.1) is 18.8 Å². The molecule has 0 bridgehead atoms. The quantitative estimate of drug-likeness (QED) is 0.886. The van der Waals surface area contributed by atoms with E-state index in [4.69, 9.17) is 4.74 Å². The highest BCUT2D eigenvalue weighted by molar-refractivity contribution is 5.15. The predicted molar refractivity (Wildman–Crippen MR) is 83.0 cm³/mol. The van der Waals surface area contributed by atoms with Crippen molar-refractivity contribution in [2.24, 2.45) is 5.92 Å². The van der Waals surface area contributed by atoms with Gasteiger partial charge in [0.2, 0.25) is 0 Å². The van der Waals surface area contributed by atoms with Crippen molar-refractivity contribution in [1.29, 1.82) is 0 Å². The molecule has 0 saturated carbocycles. The van der Waals surface area contributed by atoms with Gasteiger partial charge >= 0.3 is 0 Å². The van der Waals surface area contributed by atoms with E-state index in [0.717, 1.165) is 26.2 Å². The molecule has 0 aliphatic carbocycles. The molecule has 1 fully saturated rings. The van der Waals surface area contributed by atoms with Crippen molar-refractivity contribution in [3.8, 4) is 0 Å². The number of hydrogen-bond donors (Lipinski definition) is 1. The molecule has 0 amide bonds. The molecule has 0 spiro atoms. The molecule has 2 unspecified atom stereocenters. The lowest BCUT2D eigenvalue weighted by molar-refractivity contribution is 0.105. The molecule has 1 N–H and O–H groups in total. The van der Waals surface area contributed by atoms with Crippen molar-refractivity contribution >= 4 is 0 Å². The van der Waals surface area contributed by atoms with Gasteiger partial charge in [-0.25, -0.2) is 0 Å². The van der Waals surface area contributed by atoms with Gasteiger partial charge in [-0.15, -0.1) is 0 Å². The molecule has 4 heteroatoms. The molecule has 1 aromatic heterocycles. The van der Waals surface area contributed by atoms with Crippen molar-refractivity contribution in [3.05, 3.63) is 53.9 Å². The standard InChI is InChI=1S/C17H23N3O/c1-14-17(7-8-21-14)11-18-9-16-10-19-20(13-16)12-15-5-3-2-4-6-15/h2-6,10,13-14,17-18H,7-9,11-12H2,1H3. The fraction of sp³-hybridized carbons (Fsp3) is 0.471. The fourth-order valence-corrected chi connectivity index (χ4v) is 2.80. The molecule has 1 aliphatic heterocycles. The van der Waals surface area contributed by atoms with Crippen LogP contribution >= 0.6 is 0 Å². The zero-order chi connectivity index (χ0) is 14.5. The number of hydrogen-bond acceptors (Lipinski definition) is 3. The van der Waals surface area contributed by atoms with Crippen LogP contribution in [0.1, 0.15) is 24.5 Å². The van der Waals surface area contributed by atoms with Gasteiger partial charge in [-0.1, -0.05) is 30.3 Å². The number of nitrogens with one attached hydrogen (secondary N) is 1. The fourth-order valence-electron chi connectivity index (χ4n) is 2.80. The van der Waals surface area contributed by atoms with Crippen LogP contribution in [0.4, 0.5) is 0 Å². The molecular weight excluding hydrogens is 262 g/mol. The minimum Gasteiger partial charge on any atom is -0.378 e. The second-order valence-corrected chi connectivity index (χ2v) is 5.79. The van der Waals surface area contributed by atoms with Crippen LogP contribution in [-0.2, 0) is 17.8 Å². The third-order valence-electron chi connectivity index (χ3n) is 4.14. The Hall–Kier alpha value is -1.65. The van der Waals surface area contributed by atoms with Gasteiger partial charge in [-0.2, -0.15) is 5.10 Å². The summed E-state index contributed by atoms with van der Waals surface area (Å²) >= 11 is 0. The third kappa shape index (κ3) is 3.93. The summed E-state index contributed by atoms with van der Waals surface area (Å²) in [6, 6.07) is 10.4. The van der Waals surface area contributed by atoms with Gasteiger partial charge in [-0.05, 0) is 24.8 Å². The molecule has 2 atom stereocenters. The number of ether oxygens (including phenoxy) is 1. The van der Waals surface area contributed by atoms with Gasteiger partial charge in [0.1, 0.15) is 0 Å². The largest absolute Gasteiger partial charge is 0.378 e. The van der Waals surface area contributed by atoms with E-state index >= 15 is 0 Å². The normalized spacial score (nSPS) is 21.8. The van der Waals surface area contributed by atoms with Gasteiger partial charge in [0, 0.05) is 31.5 Å². The second-order valence-electron chi connectivity index (χ2n) is 5.79. The lowest BCUT2D eigenvalue weighted by Crippen LogP contribution is -2.26. The average molecular weight is 285 g/mol. The van der Waals surface area contributed by atoms with Crippen molar-refractivity contribution in [2.45, 2.75) is 32.5 Å². The zero-order valence-corrected chi connectivity index (χ0v) is 12.5. The summed E-state index contributed by atoms with van der Waals surface area (Å²) in [7, 11) is 0. The number of benzene rings is 1. The maximum atomic E-state index is 5.58. The first-order chi connectivity index (χ1) is 10.3. The minimum atomic E-state index is 0.387. The summed E-state index contributed by atoms with van der Waals surface area (Å²) in [5.41, 5.74) is 2.51. The molecule has 4 nitrogen and oxygen atoms in total. The van der Waals surface area contributed by atoms with Gasteiger partial charge in [-0.3, -0.25) is 4.68 Å². The number of aromatic nitrogens is 2. The molecule has 3 rings (SSSR count). The van der Waals surface area contributed by atoms with Crippen molar-refractivity contribution < 1.29 is 4.74 Å². The summed E-state index contributed by atoms with van der Waals surface area (Å²) in [6.07, 6.45) is 5.62. The maximum absolute atomic E-state index is 5.58. The van der Waals surface area contributed by atoms with E-state index in [1.54, 1.807) is 0 Å². The SMILES string of the molecule is CC1OCCC1CNCc1cnn(Cc2ccccc2)c1. The Balaban J connectivity index is 1.46. The van der Waals surface area contributed by atoms with Crippen LogP contribution in [0.15, 0.2) is 42.7 Å². The first-order valence-electron chi connectivity index (χ1n) is 7.69. The topological polar surface area (TPSA) is 39.1 Å². The summed E-state index contributed by atoms with van der Waals surface area (Å²) < 4.78 is 7.58. The van der Waals surface area contributed by atoms with Crippen LogP contribution in [0.5, 0.6) is 0 Å². The predicted octanol–water partition coefficient (Wildman–Crippen LogP) is 2.45. The number of rotatable bonds is 6.